The zero-order chi connectivity index (χ0) is 10.9. The molecule has 3 heteroatoms. The van der Waals surface area contributed by atoms with Crippen LogP contribution >= 0.6 is 23.4 Å². The fourth-order valence-electron chi connectivity index (χ4n) is 2.28. The zero-order valence-electron chi connectivity index (χ0n) is 9.88. The molecule has 15 heavy (non-hydrogen) atoms. The molecule has 0 amide bonds. The van der Waals surface area contributed by atoms with E-state index >= 15 is 0 Å². The Bertz CT molecular complexity index is 153. The lowest BCUT2D eigenvalue weighted by Gasteiger charge is -2.32. The first kappa shape index (κ1) is 13.7. The zero-order valence-corrected chi connectivity index (χ0v) is 11.5. The molecule has 1 aliphatic rings. The molecule has 1 unspecified atom stereocenters. The van der Waals surface area contributed by atoms with Gasteiger partial charge in [0.1, 0.15) is 0 Å². The summed E-state index contributed by atoms with van der Waals surface area (Å²) in [6, 6.07) is 0. The van der Waals surface area contributed by atoms with Crippen LogP contribution < -0.4 is 0 Å². The summed E-state index contributed by atoms with van der Waals surface area (Å²) in [5, 5.41) is 0. The van der Waals surface area contributed by atoms with Gasteiger partial charge in [0, 0.05) is 12.4 Å². The summed E-state index contributed by atoms with van der Waals surface area (Å²) >= 11 is 7.87. The molecule has 0 aliphatic carbocycles. The van der Waals surface area contributed by atoms with Gasteiger partial charge in [-0.2, -0.15) is 11.8 Å². The summed E-state index contributed by atoms with van der Waals surface area (Å²) in [5.74, 6) is 4.29. The molecule has 90 valence electrons. The van der Waals surface area contributed by atoms with Gasteiger partial charge in [0.25, 0.3) is 0 Å². The average molecular weight is 250 g/mol. The van der Waals surface area contributed by atoms with Crippen molar-refractivity contribution in [2.45, 2.75) is 32.6 Å². The van der Waals surface area contributed by atoms with Crippen LogP contribution in [0.4, 0.5) is 0 Å². The predicted molar refractivity (Wildman–Crippen MR) is 72.1 cm³/mol. The maximum Gasteiger partial charge on any atom is 0.0226 e. The van der Waals surface area contributed by atoms with Crippen LogP contribution in [0, 0.1) is 5.92 Å². The highest BCUT2D eigenvalue weighted by atomic mass is 35.5. The highest BCUT2D eigenvalue weighted by Gasteiger charge is 2.18. The number of likely N-dealkylation sites (tertiary alicyclic amines) is 1. The van der Waals surface area contributed by atoms with Crippen molar-refractivity contribution in [3.63, 3.8) is 0 Å². The summed E-state index contributed by atoms with van der Waals surface area (Å²) in [5.41, 5.74) is 0. The van der Waals surface area contributed by atoms with Crippen LogP contribution in [0.2, 0.25) is 0 Å². The van der Waals surface area contributed by atoms with Crippen LogP contribution in [-0.4, -0.2) is 41.9 Å². The average Bonchev–Trinajstić information content (AvgIpc) is 2.26. The number of thioether (sulfide) groups is 1. The Hall–Kier alpha value is 0.600. The maximum atomic E-state index is 5.81. The van der Waals surface area contributed by atoms with E-state index in [9.17, 15) is 0 Å². The summed E-state index contributed by atoms with van der Waals surface area (Å²) in [6.45, 7) is 6.15. The first-order chi connectivity index (χ1) is 7.36. The maximum absolute atomic E-state index is 5.81. The summed E-state index contributed by atoms with van der Waals surface area (Å²) in [7, 11) is 0. The van der Waals surface area contributed by atoms with Crippen LogP contribution in [0.1, 0.15) is 32.6 Å². The summed E-state index contributed by atoms with van der Waals surface area (Å²) < 4.78 is 0. The van der Waals surface area contributed by atoms with Crippen LogP contribution in [-0.2, 0) is 0 Å². The first-order valence-corrected chi connectivity index (χ1v) is 7.91. The molecule has 1 atom stereocenters. The van der Waals surface area contributed by atoms with Crippen molar-refractivity contribution in [2.24, 2.45) is 5.92 Å². The lowest BCUT2D eigenvalue weighted by molar-refractivity contribution is 0.173. The van der Waals surface area contributed by atoms with E-state index in [-0.39, 0.29) is 0 Å². The van der Waals surface area contributed by atoms with Gasteiger partial charge in [-0.15, -0.1) is 11.6 Å². The second kappa shape index (κ2) is 8.72. The van der Waals surface area contributed by atoms with Gasteiger partial charge in [0.05, 0.1) is 0 Å². The van der Waals surface area contributed by atoms with Crippen LogP contribution in [0.3, 0.4) is 0 Å². The fourth-order valence-corrected chi connectivity index (χ4v) is 3.21. The van der Waals surface area contributed by atoms with Gasteiger partial charge < -0.3 is 4.90 Å². The Morgan fingerprint density at radius 2 is 2.33 bits per heavy atom. The standard InChI is InChI=1S/C12H24ClNS/c1-2-15-10-4-9-14-8-3-5-12(11-14)6-7-13/h12H,2-11H2,1H3. The number of hydrogen-bond donors (Lipinski definition) is 0. The molecule has 0 aromatic carbocycles. The molecule has 1 saturated heterocycles. The van der Waals surface area contributed by atoms with Crippen molar-refractivity contribution in [2.75, 3.05) is 37.0 Å². The Labute approximate surface area is 104 Å². The molecule has 0 saturated carbocycles. The van der Waals surface area contributed by atoms with E-state index in [4.69, 9.17) is 11.6 Å². The van der Waals surface area contributed by atoms with E-state index in [2.05, 4.69) is 23.6 Å². The second-order valence-corrected chi connectivity index (χ2v) is 6.11. The van der Waals surface area contributed by atoms with Gasteiger partial charge in [0.15, 0.2) is 0 Å². The van der Waals surface area contributed by atoms with Gasteiger partial charge in [-0.1, -0.05) is 6.92 Å². The SMILES string of the molecule is CCSCCCN1CCCC(CCCl)C1. The molecule has 1 fully saturated rings. The Balaban J connectivity index is 2.07. The Morgan fingerprint density at radius 3 is 3.07 bits per heavy atom. The third kappa shape index (κ3) is 6.03. The minimum atomic E-state index is 0.837. The predicted octanol–water partition coefficient (Wildman–Crippen LogP) is 3.47. The van der Waals surface area contributed by atoms with Crippen LogP contribution in [0.5, 0.6) is 0 Å². The van der Waals surface area contributed by atoms with E-state index in [0.717, 1.165) is 11.8 Å². The first-order valence-electron chi connectivity index (χ1n) is 6.23. The molecule has 0 aromatic heterocycles. The number of halogens is 1. The minimum Gasteiger partial charge on any atom is -0.303 e. The van der Waals surface area contributed by atoms with Crippen molar-refractivity contribution in [3.05, 3.63) is 0 Å². The van der Waals surface area contributed by atoms with Crippen molar-refractivity contribution >= 4 is 23.4 Å². The van der Waals surface area contributed by atoms with E-state index < -0.39 is 0 Å². The van der Waals surface area contributed by atoms with Crippen molar-refractivity contribution < 1.29 is 0 Å². The van der Waals surface area contributed by atoms with Crippen LogP contribution in [0.25, 0.3) is 0 Å². The molecular formula is C12H24ClNS. The monoisotopic (exact) mass is 249 g/mol. The highest BCUT2D eigenvalue weighted by molar-refractivity contribution is 7.99. The molecule has 0 radical (unpaired) electrons. The Morgan fingerprint density at radius 1 is 1.47 bits per heavy atom. The summed E-state index contributed by atoms with van der Waals surface area (Å²) in [4.78, 5) is 2.64. The molecule has 0 aromatic rings. The van der Waals surface area contributed by atoms with Crippen molar-refractivity contribution in [1.29, 1.82) is 0 Å². The van der Waals surface area contributed by atoms with Gasteiger partial charge in [-0.25, -0.2) is 0 Å². The highest BCUT2D eigenvalue weighted by Crippen LogP contribution is 2.20. The smallest absolute Gasteiger partial charge is 0.0226 e. The van der Waals surface area contributed by atoms with E-state index in [1.54, 1.807) is 0 Å². The third-order valence-corrected chi connectivity index (χ3v) is 4.29. The number of alkyl halides is 1. The van der Waals surface area contributed by atoms with Crippen molar-refractivity contribution in [1.82, 2.24) is 4.90 Å². The van der Waals surface area contributed by atoms with Crippen molar-refractivity contribution in [3.8, 4) is 0 Å². The normalized spacial score (nSPS) is 23.2. The molecule has 1 aliphatic heterocycles. The van der Waals surface area contributed by atoms with Gasteiger partial charge in [-0.3, -0.25) is 0 Å². The number of nitrogens with zero attached hydrogens (tertiary/aromatic N) is 1. The lowest BCUT2D eigenvalue weighted by atomic mass is 9.95. The van der Waals surface area contributed by atoms with E-state index in [1.165, 1.54) is 56.8 Å². The fraction of sp³-hybridized carbons (Fsp3) is 1.00. The summed E-state index contributed by atoms with van der Waals surface area (Å²) in [6.07, 6.45) is 5.34. The third-order valence-electron chi connectivity index (χ3n) is 3.09. The largest absolute Gasteiger partial charge is 0.303 e. The number of rotatable bonds is 7. The molecule has 1 rings (SSSR count). The van der Waals surface area contributed by atoms with Gasteiger partial charge in [0.2, 0.25) is 0 Å². The second-order valence-electron chi connectivity index (χ2n) is 4.34. The lowest BCUT2D eigenvalue weighted by Crippen LogP contribution is -2.36. The topological polar surface area (TPSA) is 3.24 Å². The Kier molecular flexibility index (Phi) is 7.94. The number of hydrogen-bond acceptors (Lipinski definition) is 2. The van der Waals surface area contributed by atoms with Crippen LogP contribution in [0.15, 0.2) is 0 Å². The quantitative estimate of drug-likeness (QED) is 0.502. The molecule has 0 spiro atoms. The molecule has 0 bridgehead atoms. The minimum absolute atomic E-state index is 0.837. The van der Waals surface area contributed by atoms with Gasteiger partial charge >= 0.3 is 0 Å². The number of piperidine rings is 1. The van der Waals surface area contributed by atoms with E-state index in [1.807, 2.05) is 0 Å². The molecular weight excluding hydrogens is 226 g/mol. The van der Waals surface area contributed by atoms with Gasteiger partial charge in [-0.05, 0) is 56.2 Å². The molecule has 1 nitrogen and oxygen atoms in total. The van der Waals surface area contributed by atoms with E-state index in [0.29, 0.717) is 0 Å². The molecule has 1 heterocycles. The molecule has 0 N–H and O–H groups in total.